The van der Waals surface area contributed by atoms with Crippen molar-refractivity contribution >= 4 is 34.1 Å². The summed E-state index contributed by atoms with van der Waals surface area (Å²) in [5.41, 5.74) is 3.04. The Balaban J connectivity index is 1.64. The van der Waals surface area contributed by atoms with Gasteiger partial charge < -0.3 is 9.73 Å². The molecule has 1 amide bonds. The Hall–Kier alpha value is -4.60. The number of non-ortho nitro benzene ring substituents is 1. The minimum Gasteiger partial charge on any atom is -0.436 e. The Morgan fingerprint density at radius 2 is 1.72 bits per heavy atom. The van der Waals surface area contributed by atoms with E-state index in [0.29, 0.717) is 28.2 Å². The van der Waals surface area contributed by atoms with Gasteiger partial charge in [-0.2, -0.15) is 0 Å². The highest BCUT2D eigenvalue weighted by molar-refractivity contribution is 6.07. The second kappa shape index (κ2) is 7.91. The first-order valence-electron chi connectivity index (χ1n) is 9.45. The van der Waals surface area contributed by atoms with E-state index in [2.05, 4.69) is 10.3 Å². The summed E-state index contributed by atoms with van der Waals surface area (Å²) in [5.74, 6) is -0.407. The number of oxazole rings is 1. The number of aromatic nitrogens is 1. The maximum absolute atomic E-state index is 12.7. The number of nitrogens with zero attached hydrogens (tertiary/aromatic N) is 3. The molecule has 0 aliphatic rings. The van der Waals surface area contributed by atoms with Crippen molar-refractivity contribution in [3.05, 3.63) is 91.5 Å². The van der Waals surface area contributed by atoms with Crippen molar-refractivity contribution in [3.63, 3.8) is 0 Å². The average molecular weight is 432 g/mol. The molecule has 0 bridgehead atoms. The highest BCUT2D eigenvalue weighted by Gasteiger charge is 2.24. The molecule has 0 atom stereocenters. The Bertz CT molecular complexity index is 1370. The van der Waals surface area contributed by atoms with E-state index in [9.17, 15) is 25.0 Å². The van der Waals surface area contributed by atoms with Crippen molar-refractivity contribution in [1.82, 2.24) is 4.98 Å². The van der Waals surface area contributed by atoms with Gasteiger partial charge in [0.15, 0.2) is 5.58 Å². The van der Waals surface area contributed by atoms with E-state index in [1.165, 1.54) is 0 Å². The van der Waals surface area contributed by atoms with Crippen molar-refractivity contribution in [1.29, 1.82) is 0 Å². The van der Waals surface area contributed by atoms with Crippen LogP contribution in [0, 0.1) is 34.1 Å². The molecule has 0 unspecified atom stereocenters. The second-order valence-electron chi connectivity index (χ2n) is 7.17. The number of carbonyl (C=O) groups excluding carboxylic acids is 1. The largest absolute Gasteiger partial charge is 0.436 e. The van der Waals surface area contributed by atoms with E-state index in [1.54, 1.807) is 24.3 Å². The second-order valence-corrected chi connectivity index (χ2v) is 7.17. The number of fused-ring (bicyclic) bond motifs is 1. The number of hydrogen-bond donors (Lipinski definition) is 1. The predicted octanol–water partition coefficient (Wildman–Crippen LogP) is 5.18. The molecular formula is C22H16N4O6. The van der Waals surface area contributed by atoms with Crippen molar-refractivity contribution in [2.45, 2.75) is 13.8 Å². The van der Waals surface area contributed by atoms with Gasteiger partial charge in [0, 0.05) is 17.3 Å². The molecular weight excluding hydrogens is 416 g/mol. The smallest absolute Gasteiger partial charge is 0.289 e. The predicted molar refractivity (Wildman–Crippen MR) is 117 cm³/mol. The first kappa shape index (κ1) is 20.7. The molecule has 160 valence electrons. The van der Waals surface area contributed by atoms with E-state index in [1.807, 2.05) is 26.0 Å². The average Bonchev–Trinajstić information content (AvgIpc) is 3.16. The molecule has 0 fully saturated rings. The number of aryl methyl sites for hydroxylation is 2. The van der Waals surface area contributed by atoms with Crippen molar-refractivity contribution < 1.29 is 19.1 Å². The van der Waals surface area contributed by atoms with E-state index < -0.39 is 27.1 Å². The normalized spacial score (nSPS) is 10.8. The first-order chi connectivity index (χ1) is 15.2. The van der Waals surface area contributed by atoms with Crippen LogP contribution in [0.3, 0.4) is 0 Å². The molecule has 0 aliphatic heterocycles. The molecule has 0 spiro atoms. The zero-order chi connectivity index (χ0) is 23.0. The Morgan fingerprint density at radius 3 is 2.44 bits per heavy atom. The van der Waals surface area contributed by atoms with E-state index in [-0.39, 0.29) is 5.56 Å². The van der Waals surface area contributed by atoms with Gasteiger partial charge in [-0.05, 0) is 61.4 Å². The number of hydrogen-bond acceptors (Lipinski definition) is 7. The molecule has 0 radical (unpaired) electrons. The van der Waals surface area contributed by atoms with Gasteiger partial charge in [-0.25, -0.2) is 4.98 Å². The summed E-state index contributed by atoms with van der Waals surface area (Å²) in [6.07, 6.45) is 0. The van der Waals surface area contributed by atoms with Gasteiger partial charge in [0.05, 0.1) is 15.9 Å². The monoisotopic (exact) mass is 432 g/mol. The molecule has 3 aromatic carbocycles. The quantitative estimate of drug-likeness (QED) is 0.338. The number of nitrogens with one attached hydrogen (secondary N) is 1. The summed E-state index contributed by atoms with van der Waals surface area (Å²) in [5, 5.41) is 24.8. The number of benzene rings is 3. The topological polar surface area (TPSA) is 141 Å². The molecule has 10 heteroatoms. The lowest BCUT2D eigenvalue weighted by Crippen LogP contribution is -2.14. The number of anilines is 1. The van der Waals surface area contributed by atoms with Gasteiger partial charge in [-0.3, -0.25) is 25.0 Å². The molecule has 32 heavy (non-hydrogen) atoms. The van der Waals surface area contributed by atoms with E-state index >= 15 is 0 Å². The number of nitro benzene ring substituents is 2. The van der Waals surface area contributed by atoms with Crippen LogP contribution in [0.1, 0.15) is 21.5 Å². The Labute approximate surface area is 180 Å². The minimum absolute atomic E-state index is 0.293. The highest BCUT2D eigenvalue weighted by Crippen LogP contribution is 2.29. The third-order valence-electron chi connectivity index (χ3n) is 5.00. The van der Waals surface area contributed by atoms with Crippen LogP contribution in [0.5, 0.6) is 0 Å². The highest BCUT2D eigenvalue weighted by atomic mass is 16.6. The maximum atomic E-state index is 12.7. The SMILES string of the molecule is Cc1cc2nc(-c3cccc(NC(=O)c4ccc([N+](=O)[O-])cc4[N+](=O)[O-])c3)oc2cc1C. The first-order valence-corrected chi connectivity index (χ1v) is 9.45. The fraction of sp³-hybridized carbons (Fsp3) is 0.0909. The summed E-state index contributed by atoms with van der Waals surface area (Å²) >= 11 is 0. The molecule has 1 heterocycles. The third kappa shape index (κ3) is 3.88. The van der Waals surface area contributed by atoms with Gasteiger partial charge in [0.2, 0.25) is 5.89 Å². The fourth-order valence-corrected chi connectivity index (χ4v) is 3.21. The van der Waals surface area contributed by atoms with Crippen LogP contribution in [0.15, 0.2) is 59.0 Å². The van der Waals surface area contributed by atoms with Crippen LogP contribution in [-0.4, -0.2) is 20.7 Å². The van der Waals surface area contributed by atoms with Crippen LogP contribution in [0.25, 0.3) is 22.6 Å². The summed E-state index contributed by atoms with van der Waals surface area (Å²) < 4.78 is 5.84. The number of carbonyl (C=O) groups is 1. The van der Waals surface area contributed by atoms with Crippen LogP contribution >= 0.6 is 0 Å². The van der Waals surface area contributed by atoms with Crippen molar-refractivity contribution in [3.8, 4) is 11.5 Å². The molecule has 4 rings (SSSR count). The molecule has 0 saturated heterocycles. The summed E-state index contributed by atoms with van der Waals surface area (Å²) in [4.78, 5) is 37.8. The van der Waals surface area contributed by atoms with Gasteiger partial charge in [0.25, 0.3) is 17.3 Å². The molecule has 0 saturated carbocycles. The zero-order valence-electron chi connectivity index (χ0n) is 17.0. The summed E-state index contributed by atoms with van der Waals surface area (Å²) in [7, 11) is 0. The lowest BCUT2D eigenvalue weighted by atomic mass is 10.1. The van der Waals surface area contributed by atoms with Gasteiger partial charge in [-0.1, -0.05) is 6.07 Å². The Kier molecular flexibility index (Phi) is 5.11. The number of nitro groups is 2. The molecule has 1 N–H and O–H groups in total. The van der Waals surface area contributed by atoms with Crippen LogP contribution < -0.4 is 5.32 Å². The van der Waals surface area contributed by atoms with Crippen LogP contribution in [0.2, 0.25) is 0 Å². The third-order valence-corrected chi connectivity index (χ3v) is 5.00. The summed E-state index contributed by atoms with van der Waals surface area (Å²) in [6, 6.07) is 13.4. The zero-order valence-corrected chi connectivity index (χ0v) is 17.0. The Morgan fingerprint density at radius 1 is 0.969 bits per heavy atom. The molecule has 10 nitrogen and oxygen atoms in total. The molecule has 0 aliphatic carbocycles. The van der Waals surface area contributed by atoms with E-state index in [4.69, 9.17) is 4.42 Å². The maximum Gasteiger partial charge on any atom is 0.289 e. The lowest BCUT2D eigenvalue weighted by molar-refractivity contribution is -0.394. The summed E-state index contributed by atoms with van der Waals surface area (Å²) in [6.45, 7) is 3.96. The lowest BCUT2D eigenvalue weighted by Gasteiger charge is -2.07. The van der Waals surface area contributed by atoms with Gasteiger partial charge >= 0.3 is 0 Å². The fourth-order valence-electron chi connectivity index (χ4n) is 3.21. The van der Waals surface area contributed by atoms with Crippen LogP contribution in [-0.2, 0) is 0 Å². The standard InChI is InChI=1S/C22H16N4O6/c1-12-8-18-20(9-13(12)2)32-22(24-18)14-4-3-5-15(10-14)23-21(27)17-7-6-16(25(28)29)11-19(17)26(30)31/h3-11H,1-2H3,(H,23,27). The van der Waals surface area contributed by atoms with Crippen molar-refractivity contribution in [2.24, 2.45) is 0 Å². The molecule has 1 aromatic heterocycles. The number of rotatable bonds is 5. The van der Waals surface area contributed by atoms with Crippen molar-refractivity contribution in [2.75, 3.05) is 5.32 Å². The van der Waals surface area contributed by atoms with Gasteiger partial charge in [-0.15, -0.1) is 0 Å². The van der Waals surface area contributed by atoms with Crippen LogP contribution in [0.4, 0.5) is 17.1 Å². The minimum atomic E-state index is -0.833. The van der Waals surface area contributed by atoms with Gasteiger partial charge in [0.1, 0.15) is 11.1 Å². The van der Waals surface area contributed by atoms with E-state index in [0.717, 1.165) is 29.3 Å². The number of amides is 1. The molecule has 4 aromatic rings.